The summed E-state index contributed by atoms with van der Waals surface area (Å²) in [4.78, 5) is 0. The van der Waals surface area contributed by atoms with Crippen molar-refractivity contribution in [2.75, 3.05) is 27.4 Å². The van der Waals surface area contributed by atoms with Crippen molar-refractivity contribution in [1.29, 1.82) is 0 Å². The van der Waals surface area contributed by atoms with Gasteiger partial charge in [0.25, 0.3) is 0 Å². The maximum absolute atomic E-state index is 10.0. The zero-order valence-corrected chi connectivity index (χ0v) is 14.8. The zero-order valence-electron chi connectivity index (χ0n) is 14.8. The first kappa shape index (κ1) is 18.4. The molecule has 0 saturated carbocycles. The molecule has 26 heavy (non-hydrogen) atoms. The van der Waals surface area contributed by atoms with Crippen LogP contribution in [0, 0.1) is 11.8 Å². The summed E-state index contributed by atoms with van der Waals surface area (Å²) in [6.07, 6.45) is 0.609. The first-order valence-electron chi connectivity index (χ1n) is 8.52. The Morgan fingerprint density at radius 1 is 0.923 bits per heavy atom. The van der Waals surface area contributed by atoms with E-state index in [0.717, 1.165) is 16.7 Å². The number of aromatic hydroxyl groups is 2. The van der Waals surface area contributed by atoms with Crippen molar-refractivity contribution in [2.24, 2.45) is 11.8 Å². The van der Waals surface area contributed by atoms with Crippen molar-refractivity contribution in [1.82, 2.24) is 0 Å². The average Bonchev–Trinajstić information content (AvgIpc) is 2.67. The molecular weight excluding hydrogens is 336 g/mol. The molecule has 3 unspecified atom stereocenters. The zero-order chi connectivity index (χ0) is 18.8. The second-order valence-electron chi connectivity index (χ2n) is 6.63. The van der Waals surface area contributed by atoms with Crippen LogP contribution in [0.1, 0.15) is 22.6 Å². The summed E-state index contributed by atoms with van der Waals surface area (Å²) in [7, 11) is 3.14. The van der Waals surface area contributed by atoms with Gasteiger partial charge in [-0.2, -0.15) is 0 Å². The number of fused-ring (bicyclic) bond motifs is 1. The molecule has 0 fully saturated rings. The molecule has 140 valence electrons. The lowest BCUT2D eigenvalue weighted by Crippen LogP contribution is -2.35. The fourth-order valence-electron chi connectivity index (χ4n) is 3.95. The van der Waals surface area contributed by atoms with Crippen molar-refractivity contribution in [3.05, 3.63) is 47.0 Å². The Labute approximate surface area is 152 Å². The van der Waals surface area contributed by atoms with E-state index in [0.29, 0.717) is 17.9 Å². The van der Waals surface area contributed by atoms with Crippen LogP contribution in [0.2, 0.25) is 0 Å². The van der Waals surface area contributed by atoms with Crippen molar-refractivity contribution >= 4 is 0 Å². The SMILES string of the molecule is COc1cc2c(cc1OC)C(c1ccc(O)c(O)c1)C(CO)C(CO)C2. The van der Waals surface area contributed by atoms with E-state index in [4.69, 9.17) is 9.47 Å². The molecule has 0 amide bonds. The Kier molecular flexibility index (Phi) is 5.25. The Morgan fingerprint density at radius 2 is 1.62 bits per heavy atom. The summed E-state index contributed by atoms with van der Waals surface area (Å²) in [6, 6.07) is 8.45. The van der Waals surface area contributed by atoms with Crippen molar-refractivity contribution in [3.63, 3.8) is 0 Å². The maximum atomic E-state index is 10.0. The average molecular weight is 360 g/mol. The molecule has 4 N–H and O–H groups in total. The van der Waals surface area contributed by atoms with E-state index in [2.05, 4.69) is 0 Å². The van der Waals surface area contributed by atoms with Crippen LogP contribution in [0.15, 0.2) is 30.3 Å². The largest absolute Gasteiger partial charge is 0.504 e. The van der Waals surface area contributed by atoms with E-state index in [1.807, 2.05) is 12.1 Å². The number of benzene rings is 2. The van der Waals surface area contributed by atoms with Gasteiger partial charge in [0.2, 0.25) is 0 Å². The molecule has 3 atom stereocenters. The van der Waals surface area contributed by atoms with Gasteiger partial charge in [-0.1, -0.05) is 6.07 Å². The molecule has 0 aliphatic heterocycles. The standard InChI is InChI=1S/C20H24O6/c1-25-18-7-12-5-13(9-21)15(10-22)20(14(12)8-19(18)26-2)11-3-4-16(23)17(24)6-11/h3-4,6-8,13,15,20-24H,5,9-10H2,1-2H3. The second kappa shape index (κ2) is 7.43. The van der Waals surface area contributed by atoms with Gasteiger partial charge in [0.1, 0.15) is 0 Å². The van der Waals surface area contributed by atoms with Crippen LogP contribution in [-0.4, -0.2) is 47.9 Å². The highest BCUT2D eigenvalue weighted by molar-refractivity contribution is 5.54. The first-order chi connectivity index (χ1) is 12.5. The number of hydrogen-bond acceptors (Lipinski definition) is 6. The molecule has 6 nitrogen and oxygen atoms in total. The minimum Gasteiger partial charge on any atom is -0.504 e. The number of phenolic OH excluding ortho intramolecular Hbond substituents is 2. The molecule has 1 aliphatic rings. The fourth-order valence-corrected chi connectivity index (χ4v) is 3.95. The highest BCUT2D eigenvalue weighted by Gasteiger charge is 2.38. The lowest BCUT2D eigenvalue weighted by atomic mass is 9.67. The highest BCUT2D eigenvalue weighted by atomic mass is 16.5. The minimum absolute atomic E-state index is 0.0560. The molecular formula is C20H24O6. The van der Waals surface area contributed by atoms with E-state index >= 15 is 0 Å². The van der Waals surface area contributed by atoms with Gasteiger partial charge >= 0.3 is 0 Å². The molecule has 6 heteroatoms. The number of rotatable bonds is 5. The molecule has 3 rings (SSSR count). The number of hydrogen-bond donors (Lipinski definition) is 4. The van der Waals surface area contributed by atoms with E-state index < -0.39 is 0 Å². The summed E-state index contributed by atoms with van der Waals surface area (Å²) in [5, 5.41) is 39.4. The number of methoxy groups -OCH3 is 2. The molecule has 0 heterocycles. The lowest BCUT2D eigenvalue weighted by molar-refractivity contribution is 0.101. The van der Waals surface area contributed by atoms with Crippen LogP contribution in [0.3, 0.4) is 0 Å². The fraction of sp³-hybridized carbons (Fsp3) is 0.400. The molecule has 0 aromatic heterocycles. The third kappa shape index (κ3) is 3.06. The monoisotopic (exact) mass is 360 g/mol. The van der Waals surface area contributed by atoms with Gasteiger partial charge in [-0.05, 0) is 59.2 Å². The third-order valence-electron chi connectivity index (χ3n) is 5.30. The number of ether oxygens (including phenoxy) is 2. The van der Waals surface area contributed by atoms with Crippen LogP contribution < -0.4 is 9.47 Å². The predicted octanol–water partition coefficient (Wildman–Crippen LogP) is 2.02. The Balaban J connectivity index is 2.20. The molecule has 2 aromatic rings. The third-order valence-corrected chi connectivity index (χ3v) is 5.30. The van der Waals surface area contributed by atoms with Crippen LogP contribution in [0.25, 0.3) is 0 Å². The quantitative estimate of drug-likeness (QED) is 0.609. The Bertz CT molecular complexity index is 788. The van der Waals surface area contributed by atoms with Crippen LogP contribution >= 0.6 is 0 Å². The number of aliphatic hydroxyl groups excluding tert-OH is 2. The highest BCUT2D eigenvalue weighted by Crippen LogP contribution is 2.47. The minimum atomic E-state index is -0.257. The van der Waals surface area contributed by atoms with Gasteiger partial charge in [0.05, 0.1) is 14.2 Å². The molecule has 0 bridgehead atoms. The predicted molar refractivity (Wildman–Crippen MR) is 96.0 cm³/mol. The van der Waals surface area contributed by atoms with E-state index in [9.17, 15) is 20.4 Å². The summed E-state index contributed by atoms with van der Waals surface area (Å²) in [5.41, 5.74) is 2.71. The van der Waals surface area contributed by atoms with Crippen LogP contribution in [-0.2, 0) is 6.42 Å². The number of phenols is 2. The van der Waals surface area contributed by atoms with Gasteiger partial charge in [-0.15, -0.1) is 0 Å². The van der Waals surface area contributed by atoms with Crippen molar-refractivity contribution < 1.29 is 29.9 Å². The van der Waals surface area contributed by atoms with Gasteiger partial charge in [0.15, 0.2) is 23.0 Å². The maximum Gasteiger partial charge on any atom is 0.161 e. The molecule has 2 aromatic carbocycles. The Hall–Kier alpha value is -2.44. The normalized spacial score (nSPS) is 21.9. The summed E-state index contributed by atoms with van der Waals surface area (Å²) in [6.45, 7) is -0.162. The smallest absolute Gasteiger partial charge is 0.161 e. The molecule has 1 aliphatic carbocycles. The summed E-state index contributed by atoms with van der Waals surface area (Å²) < 4.78 is 10.8. The number of aliphatic hydroxyl groups is 2. The van der Waals surface area contributed by atoms with Gasteiger partial charge in [-0.25, -0.2) is 0 Å². The summed E-state index contributed by atoms with van der Waals surface area (Å²) >= 11 is 0. The topological polar surface area (TPSA) is 99.4 Å². The summed E-state index contributed by atoms with van der Waals surface area (Å²) in [5.74, 6) is 0.160. The van der Waals surface area contributed by atoms with Gasteiger partial charge in [-0.3, -0.25) is 0 Å². The van der Waals surface area contributed by atoms with Gasteiger partial charge < -0.3 is 29.9 Å². The van der Waals surface area contributed by atoms with E-state index in [1.54, 1.807) is 20.3 Å². The second-order valence-corrected chi connectivity index (χ2v) is 6.63. The van der Waals surface area contributed by atoms with Crippen LogP contribution in [0.5, 0.6) is 23.0 Å². The molecule has 0 spiro atoms. The molecule has 0 radical (unpaired) electrons. The lowest BCUT2D eigenvalue weighted by Gasteiger charge is -2.39. The first-order valence-corrected chi connectivity index (χ1v) is 8.52. The molecule has 0 saturated heterocycles. The van der Waals surface area contributed by atoms with E-state index in [1.165, 1.54) is 12.1 Å². The van der Waals surface area contributed by atoms with Crippen molar-refractivity contribution in [2.45, 2.75) is 12.3 Å². The van der Waals surface area contributed by atoms with Gasteiger partial charge in [0, 0.05) is 19.1 Å². The van der Waals surface area contributed by atoms with Crippen molar-refractivity contribution in [3.8, 4) is 23.0 Å². The van der Waals surface area contributed by atoms with E-state index in [-0.39, 0.29) is 42.5 Å². The Morgan fingerprint density at radius 3 is 2.19 bits per heavy atom. The van der Waals surface area contributed by atoms with Crippen LogP contribution in [0.4, 0.5) is 0 Å².